The van der Waals surface area contributed by atoms with Crippen molar-refractivity contribution in [2.24, 2.45) is 0 Å². The molecular weight excluding hydrogens is 628 g/mol. The third-order valence-electron chi connectivity index (χ3n) is 3.99. The van der Waals surface area contributed by atoms with E-state index in [1.54, 1.807) is 6.07 Å². The summed E-state index contributed by atoms with van der Waals surface area (Å²) in [6, 6.07) is 3.89. The van der Waals surface area contributed by atoms with Gasteiger partial charge in [0.05, 0.1) is 17.2 Å². The van der Waals surface area contributed by atoms with Gasteiger partial charge in [-0.2, -0.15) is 70.9 Å². The molecule has 0 aliphatic heterocycles. The first-order chi connectivity index (χ1) is 16.2. The van der Waals surface area contributed by atoms with Crippen molar-refractivity contribution in [3.8, 4) is 0 Å². The van der Waals surface area contributed by atoms with Crippen LogP contribution in [0.3, 0.4) is 0 Å². The molecule has 0 heterocycles. The summed E-state index contributed by atoms with van der Waals surface area (Å²) < 4.78 is 147. The summed E-state index contributed by atoms with van der Waals surface area (Å²) in [5.41, 5.74) is -5.93. The molecule has 2 aromatic rings. The van der Waals surface area contributed by atoms with E-state index in [-0.39, 0.29) is 64.2 Å². The molecule has 212 valence electrons. The van der Waals surface area contributed by atoms with E-state index < -0.39 is 53.1 Å². The summed E-state index contributed by atoms with van der Waals surface area (Å²) in [5.74, 6) is 0. The average molecular weight is 648 g/mol. The Morgan fingerprint density at radius 2 is 1.00 bits per heavy atom. The predicted molar refractivity (Wildman–Crippen MR) is 109 cm³/mol. The number of rotatable bonds is 3. The largest absolute Gasteiger partial charge is 2.00 e. The van der Waals surface area contributed by atoms with Crippen molar-refractivity contribution in [2.75, 3.05) is 0 Å². The van der Waals surface area contributed by atoms with Gasteiger partial charge < -0.3 is 26.9 Å². The fourth-order valence-electron chi connectivity index (χ4n) is 2.21. The van der Waals surface area contributed by atoms with Crippen molar-refractivity contribution < 1.29 is 79.6 Å². The molecule has 0 radical (unpaired) electrons. The fourth-order valence-corrected chi connectivity index (χ4v) is 2.21. The topological polar surface area (TPSA) is 37.3 Å². The monoisotopic (exact) mass is 646 g/mol. The van der Waals surface area contributed by atoms with Gasteiger partial charge in [0.2, 0.25) is 0 Å². The number of alkyl halides is 12. The van der Waals surface area contributed by atoms with Crippen molar-refractivity contribution in [1.82, 2.24) is 0 Å². The van der Waals surface area contributed by atoms with Gasteiger partial charge in [-0.3, -0.25) is 0 Å². The smallest absolute Gasteiger partial charge is 1.00 e. The number of hydrogen-bond acceptors (Lipinski definition) is 2. The van der Waals surface area contributed by atoms with Gasteiger partial charge in [0.1, 0.15) is 6.29 Å². The van der Waals surface area contributed by atoms with E-state index in [2.05, 4.69) is 0 Å². The Balaban J connectivity index is -0.000000550. The molecule has 0 fully saturated rings. The molecule has 1 unspecified atom stereocenters. The maximum Gasteiger partial charge on any atom is 2.00 e. The molecule has 38 heavy (non-hydrogen) atoms. The number of carbonyl (C=O) groups excluding carboxylic acids is 1. The number of benzene rings is 2. The van der Waals surface area contributed by atoms with Crippen LogP contribution in [0, 0.1) is 6.07 Å². The van der Waals surface area contributed by atoms with E-state index in [0.717, 1.165) is 6.29 Å². The molecule has 0 bridgehead atoms. The molecule has 1 N–H and O–H groups in total. The quantitative estimate of drug-likeness (QED) is 0.223. The van der Waals surface area contributed by atoms with Crippen LogP contribution >= 0.6 is 0 Å². The van der Waals surface area contributed by atoms with Gasteiger partial charge in [-0.15, -0.1) is 6.07 Å². The minimum atomic E-state index is -4.89. The zero-order chi connectivity index (χ0) is 28.5. The molecule has 0 amide bonds. The molecule has 0 saturated carbocycles. The van der Waals surface area contributed by atoms with Gasteiger partial charge >= 0.3 is 47.8 Å². The second-order valence-corrected chi connectivity index (χ2v) is 6.84. The molecule has 1 atom stereocenters. The van der Waals surface area contributed by atoms with Crippen LogP contribution in [0.2, 0.25) is 0 Å². The number of aldehydes is 1. The Kier molecular flexibility index (Phi) is 17.8. The van der Waals surface area contributed by atoms with Crippen LogP contribution in [0.25, 0.3) is 0 Å². The molecule has 0 aromatic heterocycles. The van der Waals surface area contributed by atoms with Crippen molar-refractivity contribution in [3.05, 3.63) is 70.3 Å². The third kappa shape index (κ3) is 14.6. The molecule has 0 spiro atoms. The Morgan fingerprint density at radius 1 is 0.711 bits per heavy atom. The molecule has 2 aromatic carbocycles. The molecule has 0 aliphatic rings. The van der Waals surface area contributed by atoms with Gasteiger partial charge in [-0.25, -0.2) is 0 Å². The van der Waals surface area contributed by atoms with Gasteiger partial charge in [0.15, 0.2) is 0 Å². The van der Waals surface area contributed by atoms with E-state index in [4.69, 9.17) is 0 Å². The van der Waals surface area contributed by atoms with Crippen molar-refractivity contribution >= 4 is 29.3 Å². The zero-order valence-corrected chi connectivity index (χ0v) is 22.5. The second-order valence-electron chi connectivity index (χ2n) is 6.84. The van der Waals surface area contributed by atoms with Gasteiger partial charge in [0.25, 0.3) is 0 Å². The maximum absolute atomic E-state index is 12.5. The number of carbonyl (C=O) groups is 1. The number of aliphatic hydroxyl groups excluding tert-OH is 1. The van der Waals surface area contributed by atoms with Crippen molar-refractivity contribution in [2.45, 2.75) is 57.5 Å². The van der Waals surface area contributed by atoms with Crippen LogP contribution in [0.5, 0.6) is 0 Å². The normalized spacial score (nSPS) is 12.4. The summed E-state index contributed by atoms with van der Waals surface area (Å²) in [7, 11) is 0. The molecule has 0 aliphatic carbocycles. The Labute approximate surface area is 236 Å². The summed E-state index contributed by atoms with van der Waals surface area (Å²) in [4.78, 5) is 9.17. The molecular formula is C22H19BrF12MgO2. The Bertz CT molecular complexity index is 909. The summed E-state index contributed by atoms with van der Waals surface area (Å²) in [6.45, 7) is 3.27. The molecule has 16 heteroatoms. The molecule has 2 rings (SSSR count). The van der Waals surface area contributed by atoms with E-state index in [0.29, 0.717) is 30.7 Å². The van der Waals surface area contributed by atoms with Crippen LogP contribution in [0.15, 0.2) is 36.4 Å². The minimum absolute atomic E-state index is 0. The SMILES string of the molecule is CCC(O)c1cc(C(F)(F)F)cc(C(F)(F)F)c1.CCC=O.FC(F)(F)c1c[c-]cc(C(F)(F)F)c1.[Br-].[Mg+2]. The van der Waals surface area contributed by atoms with Crippen molar-refractivity contribution in [3.63, 3.8) is 0 Å². The van der Waals surface area contributed by atoms with Crippen LogP contribution in [0.1, 0.15) is 60.6 Å². The number of hydrogen-bond donors (Lipinski definition) is 1. The second kappa shape index (κ2) is 16.6. The van der Waals surface area contributed by atoms with E-state index in [9.17, 15) is 62.6 Å². The first-order valence-corrected chi connectivity index (χ1v) is 9.75. The van der Waals surface area contributed by atoms with Gasteiger partial charge in [0, 0.05) is 6.42 Å². The number of halogens is 13. The number of aliphatic hydroxyl groups is 1. The van der Waals surface area contributed by atoms with E-state index >= 15 is 0 Å². The molecule has 0 saturated heterocycles. The summed E-state index contributed by atoms with van der Waals surface area (Å²) in [6.07, 6.45) is -19.1. The zero-order valence-electron chi connectivity index (χ0n) is 19.5. The minimum Gasteiger partial charge on any atom is -1.00 e. The Morgan fingerprint density at radius 3 is 1.24 bits per heavy atom. The predicted octanol–water partition coefficient (Wildman–Crippen LogP) is 4.91. The van der Waals surface area contributed by atoms with Crippen LogP contribution < -0.4 is 17.0 Å². The van der Waals surface area contributed by atoms with Crippen LogP contribution in [-0.4, -0.2) is 34.4 Å². The summed E-state index contributed by atoms with van der Waals surface area (Å²) in [5, 5.41) is 9.37. The van der Waals surface area contributed by atoms with E-state index in [1.165, 1.54) is 6.92 Å². The van der Waals surface area contributed by atoms with Crippen LogP contribution in [-0.2, 0) is 29.5 Å². The average Bonchev–Trinajstić information content (AvgIpc) is 2.76. The van der Waals surface area contributed by atoms with Crippen molar-refractivity contribution in [1.29, 1.82) is 0 Å². The fraction of sp³-hybridized carbons (Fsp3) is 0.409. The van der Waals surface area contributed by atoms with Crippen LogP contribution in [0.4, 0.5) is 52.7 Å². The standard InChI is InChI=1S/C11H10F6O.C8H3F6.C3H6O.BrH.Mg/c1-2-9(18)6-3-7(10(12,13)14)5-8(4-6)11(15,16)17;9-7(10,11)5-2-1-3-6(4-5)8(12,13)14;1-2-3-4;;/h3-5,9,18H,2H2,1H3;2-4H;3H,2H2,1H3;1H;/q;-1;;;+2/p-1. The van der Waals surface area contributed by atoms with Gasteiger partial charge in [-0.05, 0) is 30.2 Å². The summed E-state index contributed by atoms with van der Waals surface area (Å²) >= 11 is 0. The maximum atomic E-state index is 12.5. The first kappa shape index (κ1) is 41.0. The Hall–Kier alpha value is -1.52. The molecule has 2 nitrogen and oxygen atoms in total. The first-order valence-electron chi connectivity index (χ1n) is 9.75. The van der Waals surface area contributed by atoms with Gasteiger partial charge in [-0.1, -0.05) is 25.0 Å². The third-order valence-corrected chi connectivity index (χ3v) is 3.99. The van der Waals surface area contributed by atoms with E-state index in [1.807, 2.05) is 6.92 Å².